The van der Waals surface area contributed by atoms with Crippen LogP contribution < -0.4 is 20.3 Å². The van der Waals surface area contributed by atoms with Gasteiger partial charge in [-0.1, -0.05) is 0 Å². The second-order valence-electron chi connectivity index (χ2n) is 7.33. The van der Waals surface area contributed by atoms with E-state index >= 15 is 0 Å². The largest absolute Gasteiger partial charge is 0.482 e. The van der Waals surface area contributed by atoms with Gasteiger partial charge in [-0.15, -0.1) is 0 Å². The summed E-state index contributed by atoms with van der Waals surface area (Å²) in [5.41, 5.74) is 3.13. The van der Waals surface area contributed by atoms with Crippen molar-refractivity contribution in [1.29, 1.82) is 0 Å². The number of fused-ring (bicyclic) bond motifs is 1. The Morgan fingerprint density at radius 2 is 2.00 bits per heavy atom. The van der Waals surface area contributed by atoms with E-state index in [0.717, 1.165) is 16.9 Å². The molecule has 1 aromatic heterocycles. The summed E-state index contributed by atoms with van der Waals surface area (Å²) in [6, 6.07) is 7.26. The predicted octanol–water partition coefficient (Wildman–Crippen LogP) is 4.24. The monoisotopic (exact) mass is 406 g/mol. The van der Waals surface area contributed by atoms with E-state index in [4.69, 9.17) is 4.74 Å². The number of alkyl halides is 3. The number of nitrogens with one attached hydrogen (secondary N) is 2. The lowest BCUT2D eigenvalue weighted by atomic mass is 9.96. The highest BCUT2D eigenvalue weighted by molar-refractivity contribution is 5.95. The third-order valence-corrected chi connectivity index (χ3v) is 5.27. The Morgan fingerprint density at radius 3 is 2.69 bits per heavy atom. The molecule has 29 heavy (non-hydrogen) atoms. The number of carbonyl (C=O) groups excluding carboxylic acids is 1. The zero-order chi connectivity index (χ0) is 20.6. The number of carbonyl (C=O) groups is 1. The van der Waals surface area contributed by atoms with Crippen LogP contribution in [0.15, 0.2) is 30.5 Å². The van der Waals surface area contributed by atoms with Crippen molar-refractivity contribution in [3.8, 4) is 5.75 Å². The molecule has 1 aromatic carbocycles. The Bertz CT molecular complexity index is 924. The average Bonchev–Trinajstić information content (AvgIpc) is 2.69. The molecule has 2 aromatic rings. The van der Waals surface area contributed by atoms with Crippen molar-refractivity contribution in [2.24, 2.45) is 5.92 Å². The van der Waals surface area contributed by atoms with Crippen molar-refractivity contribution in [2.45, 2.75) is 25.9 Å². The molecule has 1 fully saturated rings. The predicted molar refractivity (Wildman–Crippen MR) is 104 cm³/mol. The van der Waals surface area contributed by atoms with Gasteiger partial charge in [-0.2, -0.15) is 13.2 Å². The summed E-state index contributed by atoms with van der Waals surface area (Å²) in [5.74, 6) is -0.139. The summed E-state index contributed by atoms with van der Waals surface area (Å²) in [5, 5.41) is 6.01. The zero-order valence-electron chi connectivity index (χ0n) is 15.8. The Hall–Kier alpha value is -2.97. The van der Waals surface area contributed by atoms with E-state index in [-0.39, 0.29) is 25.4 Å². The van der Waals surface area contributed by atoms with Crippen LogP contribution in [0.3, 0.4) is 0 Å². The number of piperidine rings is 1. The molecule has 0 aliphatic carbocycles. The number of hydrogen-bond acceptors (Lipinski definition) is 5. The molecule has 2 aliphatic heterocycles. The van der Waals surface area contributed by atoms with Gasteiger partial charge < -0.3 is 20.3 Å². The number of ether oxygens (including phenoxy) is 1. The minimum atomic E-state index is -4.12. The van der Waals surface area contributed by atoms with Crippen LogP contribution in [-0.4, -0.2) is 36.8 Å². The number of benzene rings is 1. The molecular formula is C20H21F3N4O2. The van der Waals surface area contributed by atoms with Gasteiger partial charge in [-0.25, -0.2) is 4.98 Å². The van der Waals surface area contributed by atoms with E-state index in [1.165, 1.54) is 0 Å². The van der Waals surface area contributed by atoms with Gasteiger partial charge in [0, 0.05) is 24.8 Å². The quantitative estimate of drug-likeness (QED) is 0.798. The summed E-state index contributed by atoms with van der Waals surface area (Å²) in [6.45, 7) is 2.59. The van der Waals surface area contributed by atoms with Crippen LogP contribution in [0.4, 0.5) is 36.1 Å². The van der Waals surface area contributed by atoms with Gasteiger partial charge >= 0.3 is 6.18 Å². The van der Waals surface area contributed by atoms with Gasteiger partial charge in [0.2, 0.25) is 0 Å². The van der Waals surface area contributed by atoms with Crippen LogP contribution in [0.2, 0.25) is 0 Å². The lowest BCUT2D eigenvalue weighted by molar-refractivity contribution is -0.179. The molecule has 0 saturated carbocycles. The molecule has 4 rings (SSSR count). The number of aryl methyl sites for hydroxylation is 1. The van der Waals surface area contributed by atoms with Crippen molar-refractivity contribution in [2.75, 3.05) is 35.2 Å². The van der Waals surface area contributed by atoms with Crippen LogP contribution in [0, 0.1) is 12.8 Å². The zero-order valence-corrected chi connectivity index (χ0v) is 15.8. The lowest BCUT2D eigenvalue weighted by Crippen LogP contribution is -2.39. The second-order valence-corrected chi connectivity index (χ2v) is 7.33. The third kappa shape index (κ3) is 4.23. The van der Waals surface area contributed by atoms with E-state index in [0.29, 0.717) is 30.3 Å². The van der Waals surface area contributed by atoms with E-state index in [1.807, 2.05) is 24.0 Å². The first-order valence-corrected chi connectivity index (χ1v) is 9.41. The number of hydrogen-bond donors (Lipinski definition) is 2. The smallest absolute Gasteiger partial charge is 0.391 e. The van der Waals surface area contributed by atoms with Crippen LogP contribution in [-0.2, 0) is 4.79 Å². The lowest BCUT2D eigenvalue weighted by Gasteiger charge is -2.33. The Morgan fingerprint density at radius 1 is 1.24 bits per heavy atom. The van der Waals surface area contributed by atoms with Gasteiger partial charge in [-0.05, 0) is 43.5 Å². The highest BCUT2D eigenvalue weighted by Gasteiger charge is 2.41. The molecule has 2 N–H and O–H groups in total. The molecule has 1 saturated heterocycles. The minimum absolute atomic E-state index is 0.0171. The number of rotatable bonds is 3. The molecule has 0 bridgehead atoms. The maximum Gasteiger partial charge on any atom is 0.391 e. The number of nitrogens with zero attached hydrogens (tertiary/aromatic N) is 2. The van der Waals surface area contributed by atoms with Crippen molar-refractivity contribution in [3.05, 3.63) is 36.0 Å². The Kier molecular flexibility index (Phi) is 4.97. The van der Waals surface area contributed by atoms with E-state index in [1.54, 1.807) is 18.3 Å². The molecule has 0 atom stereocenters. The number of amides is 1. The normalized spacial score (nSPS) is 17.4. The Balaban J connectivity index is 1.44. The molecule has 9 heteroatoms. The molecule has 154 valence electrons. The van der Waals surface area contributed by atoms with E-state index in [9.17, 15) is 18.0 Å². The first kappa shape index (κ1) is 19.4. The van der Waals surface area contributed by atoms with Crippen LogP contribution in [0.1, 0.15) is 18.4 Å². The number of aromatic nitrogens is 1. The van der Waals surface area contributed by atoms with Crippen LogP contribution in [0.25, 0.3) is 0 Å². The SMILES string of the molecule is Cc1cc(N2CCC(C(F)(F)F)CC2)ncc1Nc1ccc2c(c1)OCC(=O)N2. The maximum absolute atomic E-state index is 12.8. The molecule has 6 nitrogen and oxygen atoms in total. The molecule has 0 spiro atoms. The summed E-state index contributed by atoms with van der Waals surface area (Å²) in [4.78, 5) is 17.7. The fourth-order valence-corrected chi connectivity index (χ4v) is 3.59. The molecular weight excluding hydrogens is 385 g/mol. The van der Waals surface area contributed by atoms with Crippen molar-refractivity contribution in [1.82, 2.24) is 4.98 Å². The van der Waals surface area contributed by atoms with Gasteiger partial charge in [-0.3, -0.25) is 4.79 Å². The van der Waals surface area contributed by atoms with Gasteiger partial charge in [0.1, 0.15) is 11.6 Å². The highest BCUT2D eigenvalue weighted by atomic mass is 19.4. The van der Waals surface area contributed by atoms with Crippen molar-refractivity contribution < 1.29 is 22.7 Å². The maximum atomic E-state index is 12.8. The molecule has 2 aliphatic rings. The summed E-state index contributed by atoms with van der Waals surface area (Å²) in [7, 11) is 0. The summed E-state index contributed by atoms with van der Waals surface area (Å²) < 4.78 is 44.0. The standard InChI is InChI=1S/C20H21F3N4O2/c1-12-8-18(27-6-4-13(5-7-27)20(21,22)23)24-10-16(12)25-14-2-3-15-17(9-14)29-11-19(28)26-15/h2-3,8-10,13,25H,4-7,11H2,1H3,(H,26,28). The van der Waals surface area contributed by atoms with Crippen molar-refractivity contribution in [3.63, 3.8) is 0 Å². The summed E-state index contributed by atoms with van der Waals surface area (Å²) in [6.07, 6.45) is -2.25. The van der Waals surface area contributed by atoms with Gasteiger partial charge in [0.25, 0.3) is 5.91 Å². The topological polar surface area (TPSA) is 66.5 Å². The molecule has 3 heterocycles. The fraction of sp³-hybridized carbons (Fsp3) is 0.400. The molecule has 1 amide bonds. The van der Waals surface area contributed by atoms with Gasteiger partial charge in [0.15, 0.2) is 6.61 Å². The first-order chi connectivity index (χ1) is 13.8. The molecule has 0 radical (unpaired) electrons. The number of pyridine rings is 1. The van der Waals surface area contributed by atoms with Gasteiger partial charge in [0.05, 0.1) is 23.5 Å². The first-order valence-electron chi connectivity index (χ1n) is 9.41. The van der Waals surface area contributed by atoms with E-state index < -0.39 is 12.1 Å². The summed E-state index contributed by atoms with van der Waals surface area (Å²) >= 11 is 0. The number of anilines is 4. The number of halogens is 3. The Labute approximate surface area is 166 Å². The highest BCUT2D eigenvalue weighted by Crippen LogP contribution is 2.36. The van der Waals surface area contributed by atoms with Crippen LogP contribution >= 0.6 is 0 Å². The fourth-order valence-electron chi connectivity index (χ4n) is 3.59. The minimum Gasteiger partial charge on any atom is -0.482 e. The third-order valence-electron chi connectivity index (χ3n) is 5.27. The molecule has 0 unspecified atom stereocenters. The average molecular weight is 406 g/mol. The van der Waals surface area contributed by atoms with Crippen LogP contribution in [0.5, 0.6) is 5.75 Å². The van der Waals surface area contributed by atoms with E-state index in [2.05, 4.69) is 15.6 Å². The van der Waals surface area contributed by atoms with Crippen molar-refractivity contribution >= 4 is 28.8 Å². The second kappa shape index (κ2) is 7.46.